The third kappa shape index (κ3) is 1.74. The zero-order valence-corrected chi connectivity index (χ0v) is 13.2. The zero-order chi connectivity index (χ0) is 15.5. The number of ether oxygens (including phenoxy) is 1. The highest BCUT2D eigenvalue weighted by atomic mass is 16.6. The van der Waals surface area contributed by atoms with Gasteiger partial charge in [0.25, 0.3) is 0 Å². The number of quaternary nitrogens is 1. The summed E-state index contributed by atoms with van der Waals surface area (Å²) in [5.74, 6) is 0.182. The van der Waals surface area contributed by atoms with Crippen LogP contribution in [0.25, 0.3) is 0 Å². The van der Waals surface area contributed by atoms with Gasteiger partial charge in [-0.05, 0) is 18.4 Å². The predicted molar refractivity (Wildman–Crippen MR) is 81.9 cm³/mol. The molecule has 1 saturated heterocycles. The van der Waals surface area contributed by atoms with Crippen LogP contribution in [-0.2, 0) is 9.53 Å². The third-order valence-electron chi connectivity index (χ3n) is 6.62. The van der Waals surface area contributed by atoms with Gasteiger partial charge < -0.3 is 14.3 Å². The average Bonchev–Trinajstić information content (AvgIpc) is 3.01. The molecule has 2 aliphatic carbocycles. The van der Waals surface area contributed by atoms with Crippen molar-refractivity contribution in [3.8, 4) is 0 Å². The molecule has 2 saturated carbocycles. The molecule has 5 atom stereocenters. The number of rotatable bonds is 3. The molecule has 1 spiro atoms. The van der Waals surface area contributed by atoms with Gasteiger partial charge in [-0.2, -0.15) is 0 Å². The number of benzene rings is 1. The van der Waals surface area contributed by atoms with Gasteiger partial charge >= 0.3 is 5.97 Å². The lowest BCUT2D eigenvalue weighted by atomic mass is 9.64. The fourth-order valence-corrected chi connectivity index (χ4v) is 5.27. The number of carbonyl (C=O) groups excluding carboxylic acids is 1. The number of esters is 1. The van der Waals surface area contributed by atoms with E-state index < -0.39 is 12.1 Å². The molecule has 3 aliphatic rings. The number of carbonyl (C=O) groups is 1. The minimum Gasteiger partial charge on any atom is -0.460 e. The Balaban J connectivity index is 1.41. The van der Waals surface area contributed by atoms with Gasteiger partial charge in [0.2, 0.25) is 0 Å². The molecule has 1 heterocycles. The van der Waals surface area contributed by atoms with Gasteiger partial charge in [0.05, 0.1) is 14.1 Å². The Hall–Kier alpha value is -1.39. The lowest BCUT2D eigenvalue weighted by molar-refractivity contribution is -0.806. The second kappa shape index (κ2) is 4.56. The molecule has 3 fully saturated rings. The van der Waals surface area contributed by atoms with Crippen molar-refractivity contribution in [3.05, 3.63) is 35.9 Å². The van der Waals surface area contributed by atoms with Gasteiger partial charge in [0.1, 0.15) is 12.1 Å². The summed E-state index contributed by atoms with van der Waals surface area (Å²) in [5, 5.41) is 10.2. The summed E-state index contributed by atoms with van der Waals surface area (Å²) in [7, 11) is 4.61. The number of hydrogen-bond acceptors (Lipinski definition) is 3. The number of aliphatic hydroxyl groups excluding tert-OH is 1. The van der Waals surface area contributed by atoms with Gasteiger partial charge in [-0.3, -0.25) is 0 Å². The van der Waals surface area contributed by atoms with Crippen LogP contribution in [0.15, 0.2) is 30.3 Å². The van der Waals surface area contributed by atoms with Crippen molar-refractivity contribution in [3.63, 3.8) is 0 Å². The summed E-state index contributed by atoms with van der Waals surface area (Å²) < 4.78 is 6.74. The Morgan fingerprint density at radius 1 is 1.32 bits per heavy atom. The molecule has 4 heteroatoms. The molecule has 1 N–H and O–H groups in total. The van der Waals surface area contributed by atoms with Crippen molar-refractivity contribution in [2.24, 2.45) is 5.92 Å². The van der Waals surface area contributed by atoms with Crippen LogP contribution in [0.5, 0.6) is 0 Å². The average molecular weight is 302 g/mol. The standard InChI is InChI=1S/C18H24NO3/c1-19(2)15-11-14(10-13-8-9-18(13,15)19)22-17(21)16(20)12-6-4-3-5-7-12/h3-7,13-16,20H,8-11H2,1-2H3/q+1. The van der Waals surface area contributed by atoms with E-state index in [1.165, 1.54) is 12.8 Å². The quantitative estimate of drug-likeness (QED) is 0.528. The normalized spacial score (nSPS) is 39.0. The largest absolute Gasteiger partial charge is 0.460 e. The highest BCUT2D eigenvalue weighted by Gasteiger charge is 2.83. The van der Waals surface area contributed by atoms with Crippen LogP contribution in [0.3, 0.4) is 0 Å². The number of nitrogens with zero attached hydrogens (tertiary/aromatic N) is 1. The summed E-state index contributed by atoms with van der Waals surface area (Å²) in [5.41, 5.74) is 1.09. The summed E-state index contributed by atoms with van der Waals surface area (Å²) in [4.78, 5) is 12.2. The lowest BCUT2D eigenvalue weighted by Crippen LogP contribution is -2.48. The highest BCUT2D eigenvalue weighted by molar-refractivity contribution is 5.76. The van der Waals surface area contributed by atoms with E-state index in [-0.39, 0.29) is 6.10 Å². The number of likely N-dealkylation sites (tertiary alicyclic amines) is 1. The summed E-state index contributed by atoms with van der Waals surface area (Å²) in [6, 6.07) is 9.65. The van der Waals surface area contributed by atoms with Gasteiger partial charge in [-0.25, -0.2) is 4.79 Å². The molecule has 0 bridgehead atoms. The highest BCUT2D eigenvalue weighted by Crippen LogP contribution is 2.68. The Morgan fingerprint density at radius 2 is 2.05 bits per heavy atom. The van der Waals surface area contributed by atoms with E-state index in [1.807, 2.05) is 18.2 Å². The fraction of sp³-hybridized carbons (Fsp3) is 0.611. The number of aliphatic hydroxyl groups is 1. The molecule has 1 aromatic rings. The smallest absolute Gasteiger partial charge is 0.339 e. The molecule has 4 rings (SSSR count). The van der Waals surface area contributed by atoms with Crippen molar-refractivity contribution >= 4 is 5.97 Å². The second-order valence-corrected chi connectivity index (χ2v) is 7.63. The summed E-state index contributed by atoms with van der Waals surface area (Å²) in [6.45, 7) is 0. The van der Waals surface area contributed by atoms with Crippen molar-refractivity contribution in [2.45, 2.75) is 49.5 Å². The van der Waals surface area contributed by atoms with Gasteiger partial charge in [-0.15, -0.1) is 0 Å². The Morgan fingerprint density at radius 3 is 2.64 bits per heavy atom. The van der Waals surface area contributed by atoms with E-state index >= 15 is 0 Å². The maximum Gasteiger partial charge on any atom is 0.339 e. The van der Waals surface area contributed by atoms with E-state index in [9.17, 15) is 9.90 Å². The summed E-state index contributed by atoms with van der Waals surface area (Å²) in [6.07, 6.45) is 3.28. The molecule has 22 heavy (non-hydrogen) atoms. The lowest BCUT2D eigenvalue weighted by Gasteiger charge is -2.39. The molecule has 1 aromatic carbocycles. The molecule has 1 aliphatic heterocycles. The monoisotopic (exact) mass is 302 g/mol. The molecular weight excluding hydrogens is 278 g/mol. The first-order chi connectivity index (χ1) is 10.5. The Bertz CT molecular complexity index is 600. The van der Waals surface area contributed by atoms with Crippen LogP contribution in [0, 0.1) is 5.92 Å². The second-order valence-electron chi connectivity index (χ2n) is 7.63. The van der Waals surface area contributed by atoms with Crippen LogP contribution in [0.1, 0.15) is 37.4 Å². The van der Waals surface area contributed by atoms with E-state index in [0.29, 0.717) is 23.1 Å². The molecule has 0 aromatic heterocycles. The number of hydrogen-bond donors (Lipinski definition) is 1. The minimum absolute atomic E-state index is 0.0332. The Labute approximate surface area is 131 Å². The van der Waals surface area contributed by atoms with Crippen molar-refractivity contribution in [1.82, 2.24) is 0 Å². The van der Waals surface area contributed by atoms with Gasteiger partial charge in [0, 0.05) is 18.8 Å². The first kappa shape index (κ1) is 14.2. The van der Waals surface area contributed by atoms with Gasteiger partial charge in [0.15, 0.2) is 11.6 Å². The first-order valence-electron chi connectivity index (χ1n) is 8.24. The topological polar surface area (TPSA) is 46.5 Å². The van der Waals surface area contributed by atoms with Gasteiger partial charge in [-0.1, -0.05) is 30.3 Å². The van der Waals surface area contributed by atoms with Crippen molar-refractivity contribution < 1.29 is 19.1 Å². The third-order valence-corrected chi connectivity index (χ3v) is 6.62. The fourth-order valence-electron chi connectivity index (χ4n) is 5.27. The minimum atomic E-state index is -1.17. The molecule has 0 amide bonds. The SMILES string of the molecule is C[N+]1(C)C2CC(OC(=O)C(O)c3ccccc3)CC3CCC321. The maximum absolute atomic E-state index is 12.2. The van der Waals surface area contributed by atoms with Crippen molar-refractivity contribution in [1.29, 1.82) is 0 Å². The van der Waals surface area contributed by atoms with E-state index in [4.69, 9.17) is 4.74 Å². The van der Waals surface area contributed by atoms with Crippen LogP contribution < -0.4 is 0 Å². The summed E-state index contributed by atoms with van der Waals surface area (Å²) >= 11 is 0. The van der Waals surface area contributed by atoms with Crippen LogP contribution >= 0.6 is 0 Å². The first-order valence-corrected chi connectivity index (χ1v) is 8.24. The van der Waals surface area contributed by atoms with Crippen LogP contribution in [-0.4, -0.2) is 47.3 Å². The number of likely N-dealkylation sites (N-methyl/N-ethyl adjacent to an activating group) is 1. The van der Waals surface area contributed by atoms with Crippen LogP contribution in [0.4, 0.5) is 0 Å². The molecular formula is C18H24NO3+. The maximum atomic E-state index is 12.2. The van der Waals surface area contributed by atoms with E-state index in [1.54, 1.807) is 12.1 Å². The molecule has 4 nitrogen and oxygen atoms in total. The van der Waals surface area contributed by atoms with E-state index in [2.05, 4.69) is 14.1 Å². The molecule has 5 unspecified atom stereocenters. The van der Waals surface area contributed by atoms with Crippen molar-refractivity contribution in [2.75, 3.05) is 14.1 Å². The zero-order valence-electron chi connectivity index (χ0n) is 13.2. The molecule has 0 radical (unpaired) electrons. The predicted octanol–water partition coefficient (Wildman–Crippen LogP) is 2.03. The van der Waals surface area contributed by atoms with Crippen LogP contribution in [0.2, 0.25) is 0 Å². The Kier molecular flexibility index (Phi) is 2.94. The molecule has 118 valence electrons. The van der Waals surface area contributed by atoms with E-state index in [0.717, 1.165) is 17.3 Å².